The van der Waals surface area contributed by atoms with E-state index < -0.39 is 11.9 Å². The van der Waals surface area contributed by atoms with E-state index >= 15 is 0 Å². The number of rotatable bonds is 2. The molecular formula is C17H11ClN2O4. The van der Waals surface area contributed by atoms with Crippen molar-refractivity contribution in [2.45, 2.75) is 0 Å². The Morgan fingerprint density at radius 2 is 1.71 bits per heavy atom. The minimum Gasteiger partial charge on any atom is -0.476 e. The van der Waals surface area contributed by atoms with Gasteiger partial charge in [-0.05, 0) is 36.4 Å². The van der Waals surface area contributed by atoms with E-state index in [1.54, 1.807) is 36.5 Å². The molecule has 2 heterocycles. The van der Waals surface area contributed by atoms with Crippen LogP contribution in [-0.2, 0) is 0 Å². The monoisotopic (exact) mass is 342 g/mol. The lowest BCUT2D eigenvalue weighted by Crippen LogP contribution is -2.11. The molecule has 0 bridgehead atoms. The van der Waals surface area contributed by atoms with Crippen LogP contribution in [0.4, 0.5) is 11.4 Å². The highest BCUT2D eigenvalue weighted by Gasteiger charge is 2.21. The molecule has 7 heteroatoms. The van der Waals surface area contributed by atoms with Crippen LogP contribution in [0.5, 0.6) is 11.5 Å². The van der Waals surface area contributed by atoms with Gasteiger partial charge in [-0.1, -0.05) is 11.6 Å². The zero-order valence-corrected chi connectivity index (χ0v) is 12.9. The molecule has 2 aromatic carbocycles. The molecule has 0 aliphatic carbocycles. The number of fused-ring (bicyclic) bond motifs is 2. The minimum absolute atomic E-state index is 0.289. The maximum absolute atomic E-state index is 9.41. The number of benzene rings is 2. The van der Waals surface area contributed by atoms with Crippen LogP contribution in [0.1, 0.15) is 0 Å². The largest absolute Gasteiger partial charge is 0.476 e. The van der Waals surface area contributed by atoms with Crippen LogP contribution in [0.15, 0.2) is 60.6 Å². The van der Waals surface area contributed by atoms with Gasteiger partial charge in [0.25, 0.3) is 0 Å². The van der Waals surface area contributed by atoms with Gasteiger partial charge >= 0.3 is 11.9 Å². The molecule has 3 aromatic rings. The molecule has 0 amide bonds. The SMILES string of the molecule is OC1=C(O)Oc2cc(Nc3ccnc4cc(Cl)ccc34)ccc2O1. The minimum atomic E-state index is -0.677. The van der Waals surface area contributed by atoms with E-state index in [1.165, 1.54) is 0 Å². The summed E-state index contributed by atoms with van der Waals surface area (Å²) in [5.41, 5.74) is 2.33. The molecule has 3 N–H and O–H groups in total. The Morgan fingerprint density at radius 3 is 2.54 bits per heavy atom. The second-order valence-corrected chi connectivity index (χ2v) is 5.56. The lowest BCUT2D eigenvalue weighted by molar-refractivity contribution is 0.0854. The zero-order valence-electron chi connectivity index (χ0n) is 12.2. The number of anilines is 2. The topological polar surface area (TPSA) is 83.8 Å². The van der Waals surface area contributed by atoms with Gasteiger partial charge in [0.05, 0.1) is 5.52 Å². The van der Waals surface area contributed by atoms with Crippen LogP contribution in [0, 0.1) is 0 Å². The molecule has 0 saturated carbocycles. The van der Waals surface area contributed by atoms with Crippen molar-refractivity contribution in [3.05, 3.63) is 65.6 Å². The van der Waals surface area contributed by atoms with Crippen molar-refractivity contribution >= 4 is 33.9 Å². The lowest BCUT2D eigenvalue weighted by atomic mass is 10.1. The number of nitrogens with one attached hydrogen (secondary N) is 1. The number of aliphatic hydroxyl groups is 2. The van der Waals surface area contributed by atoms with E-state index in [1.807, 2.05) is 12.1 Å². The summed E-state index contributed by atoms with van der Waals surface area (Å²) in [7, 11) is 0. The average molecular weight is 343 g/mol. The van der Waals surface area contributed by atoms with Crippen molar-refractivity contribution in [1.82, 2.24) is 4.98 Å². The van der Waals surface area contributed by atoms with Gasteiger partial charge in [-0.3, -0.25) is 4.98 Å². The lowest BCUT2D eigenvalue weighted by Gasteiger charge is -2.18. The van der Waals surface area contributed by atoms with E-state index in [4.69, 9.17) is 21.1 Å². The van der Waals surface area contributed by atoms with Crippen molar-refractivity contribution in [3.63, 3.8) is 0 Å². The summed E-state index contributed by atoms with van der Waals surface area (Å²) in [4.78, 5) is 4.30. The molecule has 0 unspecified atom stereocenters. The number of hydrogen-bond donors (Lipinski definition) is 3. The molecule has 0 saturated heterocycles. The Bertz CT molecular complexity index is 987. The van der Waals surface area contributed by atoms with Crippen molar-refractivity contribution in [2.24, 2.45) is 0 Å². The second-order valence-electron chi connectivity index (χ2n) is 5.12. The van der Waals surface area contributed by atoms with Gasteiger partial charge in [-0.2, -0.15) is 0 Å². The first-order valence-electron chi connectivity index (χ1n) is 7.03. The van der Waals surface area contributed by atoms with Crippen molar-refractivity contribution < 1.29 is 19.7 Å². The summed E-state index contributed by atoms with van der Waals surface area (Å²) >= 11 is 6.00. The van der Waals surface area contributed by atoms with Crippen LogP contribution in [0.2, 0.25) is 5.02 Å². The average Bonchev–Trinajstić information content (AvgIpc) is 2.56. The first kappa shape index (κ1) is 14.5. The third-order valence-electron chi connectivity index (χ3n) is 3.52. The summed E-state index contributed by atoms with van der Waals surface area (Å²) in [5.74, 6) is -0.747. The normalized spacial score (nSPS) is 13.2. The van der Waals surface area contributed by atoms with Gasteiger partial charge in [0, 0.05) is 34.0 Å². The standard InChI is InChI=1S/C17H11ClN2O4/c18-9-1-3-11-12(5-6-19-13(11)7-9)20-10-2-4-14-15(8-10)24-17(22)16(21)23-14/h1-8,21-22H,(H,19,20). The van der Waals surface area contributed by atoms with Gasteiger partial charge in [-0.15, -0.1) is 0 Å². The van der Waals surface area contributed by atoms with Gasteiger partial charge in [0.1, 0.15) is 0 Å². The highest BCUT2D eigenvalue weighted by Crippen LogP contribution is 2.37. The Morgan fingerprint density at radius 1 is 0.917 bits per heavy atom. The fourth-order valence-corrected chi connectivity index (χ4v) is 2.60. The van der Waals surface area contributed by atoms with Crippen LogP contribution >= 0.6 is 11.6 Å². The molecule has 0 fully saturated rings. The summed E-state index contributed by atoms with van der Waals surface area (Å²) in [6.45, 7) is 0. The number of hydrogen-bond acceptors (Lipinski definition) is 6. The number of nitrogens with zero attached hydrogens (tertiary/aromatic N) is 1. The number of ether oxygens (including phenoxy) is 2. The van der Waals surface area contributed by atoms with Gasteiger partial charge in [0.15, 0.2) is 11.5 Å². The highest BCUT2D eigenvalue weighted by molar-refractivity contribution is 6.31. The molecule has 4 rings (SSSR count). The zero-order chi connectivity index (χ0) is 16.7. The van der Waals surface area contributed by atoms with E-state index in [2.05, 4.69) is 10.3 Å². The summed E-state index contributed by atoms with van der Waals surface area (Å²) in [5, 5.41) is 23.5. The third-order valence-corrected chi connectivity index (χ3v) is 3.76. The first-order chi connectivity index (χ1) is 11.6. The van der Waals surface area contributed by atoms with Gasteiger partial charge in [0.2, 0.25) is 0 Å². The summed E-state index contributed by atoms with van der Waals surface area (Å²) in [6.07, 6.45) is 1.69. The summed E-state index contributed by atoms with van der Waals surface area (Å²) < 4.78 is 10.2. The predicted molar refractivity (Wildman–Crippen MR) is 90.0 cm³/mol. The molecule has 1 aliphatic rings. The number of halogens is 1. The Hall–Kier alpha value is -3.12. The molecule has 0 radical (unpaired) electrons. The van der Waals surface area contributed by atoms with Crippen molar-refractivity contribution in [1.29, 1.82) is 0 Å². The Labute approximate surface area is 141 Å². The molecule has 6 nitrogen and oxygen atoms in total. The second kappa shape index (κ2) is 5.50. The number of pyridine rings is 1. The van der Waals surface area contributed by atoms with Crippen molar-refractivity contribution in [3.8, 4) is 11.5 Å². The molecular weight excluding hydrogens is 332 g/mol. The maximum Gasteiger partial charge on any atom is 0.367 e. The predicted octanol–water partition coefficient (Wildman–Crippen LogP) is 4.65. The van der Waals surface area contributed by atoms with Crippen LogP contribution in [0.25, 0.3) is 10.9 Å². The van der Waals surface area contributed by atoms with E-state index in [0.29, 0.717) is 16.5 Å². The van der Waals surface area contributed by atoms with Gasteiger partial charge < -0.3 is 25.0 Å². The van der Waals surface area contributed by atoms with Gasteiger partial charge in [-0.25, -0.2) is 0 Å². The van der Waals surface area contributed by atoms with E-state index in [-0.39, 0.29) is 5.75 Å². The number of aliphatic hydroxyl groups excluding tert-OH is 2. The number of aromatic nitrogens is 1. The molecule has 0 spiro atoms. The maximum atomic E-state index is 9.41. The van der Waals surface area contributed by atoms with E-state index in [9.17, 15) is 10.2 Å². The Balaban J connectivity index is 1.69. The van der Waals surface area contributed by atoms with Crippen LogP contribution in [0.3, 0.4) is 0 Å². The smallest absolute Gasteiger partial charge is 0.367 e. The van der Waals surface area contributed by atoms with Crippen molar-refractivity contribution in [2.75, 3.05) is 5.32 Å². The van der Waals surface area contributed by atoms with Crippen LogP contribution < -0.4 is 14.8 Å². The molecule has 120 valence electrons. The summed E-state index contributed by atoms with van der Waals surface area (Å²) in [6, 6.07) is 12.4. The third kappa shape index (κ3) is 2.53. The molecule has 24 heavy (non-hydrogen) atoms. The van der Waals surface area contributed by atoms with Crippen LogP contribution in [-0.4, -0.2) is 15.2 Å². The van der Waals surface area contributed by atoms with E-state index in [0.717, 1.165) is 16.6 Å². The molecule has 1 aromatic heterocycles. The quantitative estimate of drug-likeness (QED) is 0.629. The molecule has 1 aliphatic heterocycles. The fraction of sp³-hybridized carbons (Fsp3) is 0. The highest BCUT2D eigenvalue weighted by atomic mass is 35.5. The first-order valence-corrected chi connectivity index (χ1v) is 7.41. The Kier molecular flexibility index (Phi) is 3.32. The fourth-order valence-electron chi connectivity index (χ4n) is 2.43. The molecule has 0 atom stereocenters.